The highest BCUT2D eigenvalue weighted by atomic mass is 16.6. The maximum Gasteiger partial charge on any atom is 0.361 e. The zero-order chi connectivity index (χ0) is 13.4. The average molecular weight is 250 g/mol. The van der Waals surface area contributed by atoms with Crippen molar-refractivity contribution in [1.29, 1.82) is 0 Å². The van der Waals surface area contributed by atoms with Gasteiger partial charge in [-0.25, -0.2) is 14.8 Å². The Bertz CT molecular complexity index is 487. The molecule has 0 unspecified atom stereocenters. The van der Waals surface area contributed by atoms with Crippen molar-refractivity contribution in [3.8, 4) is 0 Å². The van der Waals surface area contributed by atoms with Crippen molar-refractivity contribution in [1.82, 2.24) is 9.97 Å². The van der Waals surface area contributed by atoms with Gasteiger partial charge in [-0.2, -0.15) is 0 Å². The van der Waals surface area contributed by atoms with Gasteiger partial charge < -0.3 is 15.3 Å². The van der Waals surface area contributed by atoms with Crippen LogP contribution in [0.4, 0.5) is 5.82 Å². The Morgan fingerprint density at radius 2 is 2.44 bits per heavy atom. The number of carbonyl (C=O) groups excluding carboxylic acids is 1. The quantitative estimate of drug-likeness (QED) is 0.232. The molecule has 0 aromatic carbocycles. The van der Waals surface area contributed by atoms with Gasteiger partial charge in [0.15, 0.2) is 5.82 Å². The number of anilines is 1. The Morgan fingerprint density at radius 1 is 1.67 bits per heavy atom. The predicted octanol–water partition coefficient (Wildman–Crippen LogP) is 0.0362. The van der Waals surface area contributed by atoms with Crippen LogP contribution in [0.1, 0.15) is 5.82 Å². The van der Waals surface area contributed by atoms with Crippen LogP contribution in [-0.4, -0.2) is 39.8 Å². The number of carboxylic acid groups (broad SMARTS) is 1. The van der Waals surface area contributed by atoms with Gasteiger partial charge in [-0.15, -0.1) is 0 Å². The molecular formula is C10H10N4O4. The summed E-state index contributed by atoms with van der Waals surface area (Å²) in [6.07, 6.45) is 3.12. The Labute approximate surface area is 102 Å². The number of aromatic nitrogens is 2. The average Bonchev–Trinajstić information content (AvgIpc) is 2.35. The lowest BCUT2D eigenvalue weighted by atomic mass is 10.3. The van der Waals surface area contributed by atoms with Crippen molar-refractivity contribution in [3.05, 3.63) is 30.7 Å². The second kappa shape index (κ2) is 6.74. The summed E-state index contributed by atoms with van der Waals surface area (Å²) in [4.78, 5) is 33.4. The third kappa shape index (κ3) is 3.67. The highest BCUT2D eigenvalue weighted by Crippen LogP contribution is 2.02. The summed E-state index contributed by atoms with van der Waals surface area (Å²) in [5.41, 5.74) is -0.466. The molecule has 8 nitrogen and oxygen atoms in total. The molecule has 1 aromatic heterocycles. The van der Waals surface area contributed by atoms with Gasteiger partial charge >= 0.3 is 5.97 Å². The van der Waals surface area contributed by atoms with E-state index in [1.807, 2.05) is 0 Å². The number of carboxylic acids is 1. The number of amides is 1. The zero-order valence-electron chi connectivity index (χ0n) is 9.24. The molecule has 0 radical (unpaired) electrons. The Balaban J connectivity index is 3.01. The monoisotopic (exact) mass is 250 g/mol. The maximum atomic E-state index is 11.0. The van der Waals surface area contributed by atoms with Gasteiger partial charge in [0.05, 0.1) is 0 Å². The number of rotatable bonds is 7. The Morgan fingerprint density at radius 3 is 3.06 bits per heavy atom. The summed E-state index contributed by atoms with van der Waals surface area (Å²) < 4.78 is 0. The molecule has 1 rings (SSSR count). The summed E-state index contributed by atoms with van der Waals surface area (Å²) in [5, 5.41) is 14.6. The molecule has 18 heavy (non-hydrogen) atoms. The molecule has 1 heterocycles. The molecule has 0 saturated carbocycles. The first-order valence-electron chi connectivity index (χ1n) is 4.76. The van der Waals surface area contributed by atoms with E-state index in [4.69, 9.17) is 5.11 Å². The molecule has 0 aliphatic heterocycles. The highest BCUT2D eigenvalue weighted by molar-refractivity contribution is 6.41. The van der Waals surface area contributed by atoms with Crippen LogP contribution in [0.3, 0.4) is 0 Å². The van der Waals surface area contributed by atoms with Crippen LogP contribution < -0.4 is 5.32 Å². The molecule has 0 aliphatic carbocycles. The molecule has 0 bridgehead atoms. The van der Waals surface area contributed by atoms with Gasteiger partial charge in [-0.3, -0.25) is 4.79 Å². The maximum absolute atomic E-state index is 11.0. The minimum atomic E-state index is -1.35. The first kappa shape index (κ1) is 13.3. The number of aliphatic carboxylic acids is 1. The van der Waals surface area contributed by atoms with Gasteiger partial charge in [-0.1, -0.05) is 17.8 Å². The van der Waals surface area contributed by atoms with Gasteiger partial charge in [-0.05, 0) is 6.07 Å². The normalized spacial score (nSPS) is 10.6. The van der Waals surface area contributed by atoms with E-state index in [0.29, 0.717) is 6.41 Å². The van der Waals surface area contributed by atoms with Crippen molar-refractivity contribution in [3.63, 3.8) is 0 Å². The standard InChI is InChI=1S/C10H10N4O4/c1-2-5-18-14-8(10(16)17)9-11-4-3-7(13-9)12-6-15/h2-4,6H,1,5H2,(H,16,17)(H,11,12,13,15)/b14-8-. The molecule has 1 aromatic rings. The zero-order valence-corrected chi connectivity index (χ0v) is 9.24. The lowest BCUT2D eigenvalue weighted by Gasteiger charge is -2.02. The first-order chi connectivity index (χ1) is 8.69. The van der Waals surface area contributed by atoms with Gasteiger partial charge in [0.25, 0.3) is 0 Å². The number of oxime groups is 1. The van der Waals surface area contributed by atoms with Gasteiger partial charge in [0.2, 0.25) is 12.1 Å². The van der Waals surface area contributed by atoms with E-state index in [1.165, 1.54) is 18.3 Å². The molecule has 2 N–H and O–H groups in total. The lowest BCUT2D eigenvalue weighted by Crippen LogP contribution is -2.19. The summed E-state index contributed by atoms with van der Waals surface area (Å²) in [6.45, 7) is 3.45. The smallest absolute Gasteiger partial charge is 0.361 e. The number of nitrogens with one attached hydrogen (secondary N) is 1. The largest absolute Gasteiger partial charge is 0.476 e. The SMILES string of the molecule is C=CCO/N=C(\C(=O)O)c1nccc(NC=O)n1. The van der Waals surface area contributed by atoms with E-state index in [-0.39, 0.29) is 18.2 Å². The molecule has 8 heteroatoms. The third-order valence-corrected chi connectivity index (χ3v) is 1.62. The molecule has 0 saturated heterocycles. The third-order valence-electron chi connectivity index (χ3n) is 1.62. The predicted molar refractivity (Wildman–Crippen MR) is 62.0 cm³/mol. The van der Waals surface area contributed by atoms with Crippen LogP contribution in [0.2, 0.25) is 0 Å². The molecule has 0 aliphatic rings. The number of nitrogens with zero attached hydrogens (tertiary/aromatic N) is 3. The summed E-state index contributed by atoms with van der Waals surface area (Å²) >= 11 is 0. The fourth-order valence-electron chi connectivity index (χ4n) is 0.944. The van der Waals surface area contributed by atoms with Crippen LogP contribution in [0.15, 0.2) is 30.1 Å². The van der Waals surface area contributed by atoms with E-state index in [1.54, 1.807) is 0 Å². The molecule has 0 atom stereocenters. The molecule has 1 amide bonds. The lowest BCUT2D eigenvalue weighted by molar-refractivity contribution is -0.129. The fourth-order valence-corrected chi connectivity index (χ4v) is 0.944. The number of hydrogen-bond acceptors (Lipinski definition) is 6. The van der Waals surface area contributed by atoms with E-state index in [9.17, 15) is 9.59 Å². The molecule has 94 valence electrons. The second-order valence-electron chi connectivity index (χ2n) is 2.86. The first-order valence-corrected chi connectivity index (χ1v) is 4.76. The molecule has 0 fully saturated rings. The molecule has 0 spiro atoms. The minimum absolute atomic E-state index is 0.0586. The van der Waals surface area contributed by atoms with Crippen LogP contribution in [-0.2, 0) is 14.4 Å². The van der Waals surface area contributed by atoms with Gasteiger partial charge in [0, 0.05) is 6.20 Å². The topological polar surface area (TPSA) is 114 Å². The van der Waals surface area contributed by atoms with Crippen molar-refractivity contribution in [2.45, 2.75) is 0 Å². The molecular weight excluding hydrogens is 240 g/mol. The summed E-state index contributed by atoms with van der Waals surface area (Å²) in [7, 11) is 0. The van der Waals surface area contributed by atoms with Crippen LogP contribution >= 0.6 is 0 Å². The van der Waals surface area contributed by atoms with Crippen LogP contribution in [0, 0.1) is 0 Å². The van der Waals surface area contributed by atoms with E-state index in [0.717, 1.165) is 0 Å². The highest BCUT2D eigenvalue weighted by Gasteiger charge is 2.17. The van der Waals surface area contributed by atoms with Gasteiger partial charge in [0.1, 0.15) is 12.4 Å². The van der Waals surface area contributed by atoms with Crippen LogP contribution in [0.25, 0.3) is 0 Å². The fraction of sp³-hybridized carbons (Fsp3) is 0.100. The Hall–Kier alpha value is -2.77. The summed E-state index contributed by atoms with van der Waals surface area (Å²) in [6, 6.07) is 1.40. The second-order valence-corrected chi connectivity index (χ2v) is 2.86. The number of carbonyl (C=O) groups is 2. The minimum Gasteiger partial charge on any atom is -0.476 e. The number of hydrogen-bond donors (Lipinski definition) is 2. The van der Waals surface area contributed by atoms with Crippen molar-refractivity contribution in [2.24, 2.45) is 5.16 Å². The Kier molecular flexibility index (Phi) is 4.98. The van der Waals surface area contributed by atoms with Crippen LogP contribution in [0.5, 0.6) is 0 Å². The van der Waals surface area contributed by atoms with Crippen molar-refractivity contribution < 1.29 is 19.5 Å². The summed E-state index contributed by atoms with van der Waals surface area (Å²) in [5.74, 6) is -1.35. The van der Waals surface area contributed by atoms with Crippen molar-refractivity contribution in [2.75, 3.05) is 11.9 Å². The van der Waals surface area contributed by atoms with E-state index < -0.39 is 11.7 Å². The van der Waals surface area contributed by atoms with Crippen molar-refractivity contribution >= 4 is 23.9 Å². The van der Waals surface area contributed by atoms with E-state index in [2.05, 4.69) is 31.9 Å². The van der Waals surface area contributed by atoms with E-state index >= 15 is 0 Å².